The molecule has 0 radical (unpaired) electrons. The van der Waals surface area contributed by atoms with E-state index in [2.05, 4.69) is 5.32 Å². The third-order valence-electron chi connectivity index (χ3n) is 2.67. The number of hydrogen-bond acceptors (Lipinski definition) is 3. The Bertz CT molecular complexity index is 385. The van der Waals surface area contributed by atoms with E-state index in [1.165, 1.54) is 0 Å². The summed E-state index contributed by atoms with van der Waals surface area (Å²) in [5.74, 6) is 0. The number of rotatable bonds is 1. The maximum atomic E-state index is 11.6. The van der Waals surface area contributed by atoms with Crippen molar-refractivity contribution in [1.29, 1.82) is 0 Å². The van der Waals surface area contributed by atoms with E-state index in [-0.39, 0.29) is 17.6 Å². The lowest BCUT2D eigenvalue weighted by atomic mass is 10.1. The lowest BCUT2D eigenvalue weighted by Crippen LogP contribution is -2.36. The molecule has 0 unspecified atom stereocenters. The molecule has 0 saturated carbocycles. The van der Waals surface area contributed by atoms with Crippen LogP contribution in [0.5, 0.6) is 0 Å². The van der Waals surface area contributed by atoms with Crippen molar-refractivity contribution >= 4 is 0 Å². The van der Waals surface area contributed by atoms with Crippen molar-refractivity contribution in [3.63, 3.8) is 0 Å². The monoisotopic (exact) mass is 193 g/mol. The predicted octanol–water partition coefficient (Wildman–Crippen LogP) is -0.372. The summed E-state index contributed by atoms with van der Waals surface area (Å²) in [4.78, 5) is 11.6. The molecular formula is C10H15N3O. The van der Waals surface area contributed by atoms with E-state index >= 15 is 0 Å². The van der Waals surface area contributed by atoms with Gasteiger partial charge in [0, 0.05) is 31.4 Å². The summed E-state index contributed by atoms with van der Waals surface area (Å²) < 4.78 is 1.74. The normalized spacial score (nSPS) is 26.7. The fourth-order valence-corrected chi connectivity index (χ4v) is 1.86. The minimum absolute atomic E-state index is 0.0275. The van der Waals surface area contributed by atoms with Gasteiger partial charge in [0.25, 0.3) is 5.56 Å². The van der Waals surface area contributed by atoms with Crippen LogP contribution >= 0.6 is 0 Å². The smallest absolute Gasteiger partial charge is 0.250 e. The summed E-state index contributed by atoms with van der Waals surface area (Å²) in [5, 5.41) is 3.18. The van der Waals surface area contributed by atoms with Crippen molar-refractivity contribution in [3.05, 3.63) is 34.2 Å². The number of nitrogens with one attached hydrogen (secondary N) is 1. The number of nitrogens with zero attached hydrogens (tertiary/aromatic N) is 1. The topological polar surface area (TPSA) is 60.0 Å². The van der Waals surface area contributed by atoms with Gasteiger partial charge in [-0.3, -0.25) is 4.79 Å². The molecule has 0 amide bonds. The van der Waals surface area contributed by atoms with Crippen molar-refractivity contribution in [2.45, 2.75) is 19.0 Å². The van der Waals surface area contributed by atoms with Crippen LogP contribution in [-0.4, -0.2) is 23.7 Å². The third-order valence-corrected chi connectivity index (χ3v) is 2.67. The number of pyridine rings is 1. The first-order valence-electron chi connectivity index (χ1n) is 4.83. The molecule has 76 valence electrons. The molecule has 2 rings (SSSR count). The molecule has 0 aliphatic carbocycles. The van der Waals surface area contributed by atoms with E-state index < -0.39 is 0 Å². The predicted molar refractivity (Wildman–Crippen MR) is 55.3 cm³/mol. The highest BCUT2D eigenvalue weighted by Gasteiger charge is 2.25. The Hall–Kier alpha value is -1.13. The SMILES string of the molecule is Cc1ccc(=O)n([C@H]2CNC[C@@H]2N)c1. The average molecular weight is 193 g/mol. The summed E-state index contributed by atoms with van der Waals surface area (Å²) in [6.45, 7) is 3.54. The molecule has 1 saturated heterocycles. The van der Waals surface area contributed by atoms with Gasteiger partial charge in [-0.15, -0.1) is 0 Å². The van der Waals surface area contributed by atoms with Gasteiger partial charge >= 0.3 is 0 Å². The Labute approximate surface area is 82.7 Å². The molecule has 1 aliphatic heterocycles. The van der Waals surface area contributed by atoms with Gasteiger partial charge in [0.15, 0.2) is 0 Å². The Morgan fingerprint density at radius 3 is 2.93 bits per heavy atom. The zero-order chi connectivity index (χ0) is 10.1. The Morgan fingerprint density at radius 1 is 1.50 bits per heavy atom. The molecular weight excluding hydrogens is 178 g/mol. The molecule has 2 atom stereocenters. The first-order chi connectivity index (χ1) is 6.68. The van der Waals surface area contributed by atoms with Crippen LogP contribution in [-0.2, 0) is 0 Å². The van der Waals surface area contributed by atoms with E-state index in [1.54, 1.807) is 10.6 Å². The van der Waals surface area contributed by atoms with Crippen LogP contribution in [0.15, 0.2) is 23.1 Å². The van der Waals surface area contributed by atoms with E-state index in [1.807, 2.05) is 19.2 Å². The molecule has 0 aromatic carbocycles. The summed E-state index contributed by atoms with van der Waals surface area (Å²) in [7, 11) is 0. The van der Waals surface area contributed by atoms with Crippen LogP contribution in [0.25, 0.3) is 0 Å². The second-order valence-corrected chi connectivity index (χ2v) is 3.84. The van der Waals surface area contributed by atoms with Crippen LogP contribution in [0.1, 0.15) is 11.6 Å². The largest absolute Gasteiger partial charge is 0.325 e. The van der Waals surface area contributed by atoms with Crippen molar-refractivity contribution in [2.75, 3.05) is 13.1 Å². The van der Waals surface area contributed by atoms with Gasteiger partial charge in [-0.25, -0.2) is 0 Å². The molecule has 3 N–H and O–H groups in total. The van der Waals surface area contributed by atoms with Gasteiger partial charge in [0.2, 0.25) is 0 Å². The van der Waals surface area contributed by atoms with Crippen LogP contribution in [0.3, 0.4) is 0 Å². The Morgan fingerprint density at radius 2 is 2.29 bits per heavy atom. The second-order valence-electron chi connectivity index (χ2n) is 3.84. The third kappa shape index (κ3) is 1.58. The lowest BCUT2D eigenvalue weighted by molar-refractivity contribution is 0.476. The molecule has 0 spiro atoms. The maximum absolute atomic E-state index is 11.6. The van der Waals surface area contributed by atoms with Crippen molar-refractivity contribution in [2.24, 2.45) is 5.73 Å². The van der Waals surface area contributed by atoms with Crippen molar-refractivity contribution in [3.8, 4) is 0 Å². The number of aromatic nitrogens is 1. The summed E-state index contributed by atoms with van der Waals surface area (Å²) in [5.41, 5.74) is 7.02. The lowest BCUT2D eigenvalue weighted by Gasteiger charge is -2.17. The standard InChI is InChI=1S/C10H15N3O/c1-7-2-3-10(14)13(6-7)9-5-12-4-8(9)11/h2-3,6,8-9,12H,4-5,11H2,1H3/t8-,9-/m0/s1. The van der Waals surface area contributed by atoms with E-state index in [4.69, 9.17) is 5.73 Å². The first-order valence-corrected chi connectivity index (χ1v) is 4.83. The van der Waals surface area contributed by atoms with Gasteiger partial charge < -0.3 is 15.6 Å². The van der Waals surface area contributed by atoms with Gasteiger partial charge in [0.05, 0.1) is 6.04 Å². The number of nitrogens with two attached hydrogens (primary N) is 1. The average Bonchev–Trinajstić information content (AvgIpc) is 2.56. The van der Waals surface area contributed by atoms with Crippen LogP contribution in [0.2, 0.25) is 0 Å². The molecule has 1 aromatic rings. The molecule has 2 heterocycles. The highest BCUT2D eigenvalue weighted by atomic mass is 16.1. The van der Waals surface area contributed by atoms with E-state index in [0.29, 0.717) is 0 Å². The minimum atomic E-state index is 0.0275. The zero-order valence-electron chi connectivity index (χ0n) is 8.23. The van der Waals surface area contributed by atoms with Crippen LogP contribution < -0.4 is 16.6 Å². The summed E-state index contributed by atoms with van der Waals surface area (Å²) in [6.07, 6.45) is 1.87. The fourth-order valence-electron chi connectivity index (χ4n) is 1.86. The van der Waals surface area contributed by atoms with Crippen molar-refractivity contribution in [1.82, 2.24) is 9.88 Å². The second kappa shape index (κ2) is 3.55. The summed E-state index contributed by atoms with van der Waals surface area (Å²) >= 11 is 0. The quantitative estimate of drug-likeness (QED) is 0.639. The van der Waals surface area contributed by atoms with Crippen molar-refractivity contribution < 1.29 is 0 Å². The zero-order valence-corrected chi connectivity index (χ0v) is 8.23. The summed E-state index contributed by atoms with van der Waals surface area (Å²) in [6, 6.07) is 3.56. The van der Waals surface area contributed by atoms with Crippen LogP contribution in [0, 0.1) is 6.92 Å². The van der Waals surface area contributed by atoms with Gasteiger partial charge in [-0.05, 0) is 12.5 Å². The van der Waals surface area contributed by atoms with Crippen LogP contribution in [0.4, 0.5) is 0 Å². The highest BCUT2D eigenvalue weighted by Crippen LogP contribution is 2.12. The molecule has 1 fully saturated rings. The van der Waals surface area contributed by atoms with Gasteiger partial charge in [-0.2, -0.15) is 0 Å². The molecule has 14 heavy (non-hydrogen) atoms. The Kier molecular flexibility index (Phi) is 2.39. The van der Waals surface area contributed by atoms with E-state index in [9.17, 15) is 4.79 Å². The highest BCUT2D eigenvalue weighted by molar-refractivity contribution is 5.09. The number of hydrogen-bond donors (Lipinski definition) is 2. The Balaban J connectivity index is 2.40. The molecule has 4 nitrogen and oxygen atoms in total. The number of aryl methyl sites for hydroxylation is 1. The minimum Gasteiger partial charge on any atom is -0.325 e. The first kappa shape index (κ1) is 9.43. The fraction of sp³-hybridized carbons (Fsp3) is 0.500. The maximum Gasteiger partial charge on any atom is 0.250 e. The van der Waals surface area contributed by atoms with Gasteiger partial charge in [-0.1, -0.05) is 6.07 Å². The molecule has 1 aromatic heterocycles. The molecule has 4 heteroatoms. The van der Waals surface area contributed by atoms with E-state index in [0.717, 1.165) is 18.7 Å². The van der Waals surface area contributed by atoms with Gasteiger partial charge in [0.1, 0.15) is 0 Å². The molecule has 0 bridgehead atoms. The molecule has 1 aliphatic rings.